The molecule has 0 amide bonds. The third-order valence-electron chi connectivity index (χ3n) is 3.71. The van der Waals surface area contributed by atoms with E-state index in [-0.39, 0.29) is 5.78 Å². The lowest BCUT2D eigenvalue weighted by atomic mass is 10.1. The van der Waals surface area contributed by atoms with Crippen molar-refractivity contribution < 1.29 is 4.79 Å². The molecule has 0 atom stereocenters. The Morgan fingerprint density at radius 2 is 1.48 bits per heavy atom. The summed E-state index contributed by atoms with van der Waals surface area (Å²) in [5.41, 5.74) is 2.95. The second kappa shape index (κ2) is 4.57. The zero-order chi connectivity index (χ0) is 14.4. The van der Waals surface area contributed by atoms with Crippen molar-refractivity contribution in [2.75, 3.05) is 0 Å². The van der Waals surface area contributed by atoms with E-state index in [1.54, 1.807) is 0 Å². The molecule has 0 saturated carbocycles. The van der Waals surface area contributed by atoms with Crippen molar-refractivity contribution in [2.45, 2.75) is 4.90 Å². The Hall–Kier alpha value is -2.39. The summed E-state index contributed by atoms with van der Waals surface area (Å²) in [6, 6.07) is 19.2. The summed E-state index contributed by atoms with van der Waals surface area (Å²) in [6.45, 7) is 0. The normalized spacial score (nSPS) is 15.1. The third kappa shape index (κ3) is 1.89. The number of carbonyl (C=O) groups excluding carboxylic acids is 1. The molecule has 0 aliphatic heterocycles. The van der Waals surface area contributed by atoms with E-state index in [4.69, 9.17) is 0 Å². The fraction of sp³-hybridized carbons (Fsp3) is 0. The molecule has 21 heavy (non-hydrogen) atoms. The molecule has 0 spiro atoms. The van der Waals surface area contributed by atoms with Crippen LogP contribution in [0.3, 0.4) is 0 Å². The lowest BCUT2D eigenvalue weighted by molar-refractivity contribution is 0.107. The van der Waals surface area contributed by atoms with E-state index in [1.807, 2.05) is 60.7 Å². The highest BCUT2D eigenvalue weighted by Gasteiger charge is 2.28. The molecule has 3 aromatic rings. The molecule has 1 aliphatic carbocycles. The van der Waals surface area contributed by atoms with Crippen LogP contribution >= 0.6 is 12.6 Å². The van der Waals surface area contributed by atoms with Gasteiger partial charge in [-0.2, -0.15) is 0 Å². The first-order chi connectivity index (χ1) is 10.2. The molecule has 0 saturated heterocycles. The van der Waals surface area contributed by atoms with E-state index >= 15 is 0 Å². The fourth-order valence-electron chi connectivity index (χ4n) is 2.74. The zero-order valence-corrected chi connectivity index (χ0v) is 12.0. The number of benzene rings is 3. The van der Waals surface area contributed by atoms with Gasteiger partial charge in [-0.1, -0.05) is 36.4 Å². The maximum Gasteiger partial charge on any atom is 0.212 e. The summed E-state index contributed by atoms with van der Waals surface area (Å²) in [7, 11) is 0. The minimum Gasteiger partial charge on any atom is -0.287 e. The number of Topliss-reactive ketones (excluding diaryl/α,β-unsaturated/α-hetero) is 1. The quantitative estimate of drug-likeness (QED) is 0.659. The second-order valence-corrected chi connectivity index (χ2v) is 5.53. The first kappa shape index (κ1) is 12.4. The minimum absolute atomic E-state index is 0.00301. The smallest absolute Gasteiger partial charge is 0.212 e. The van der Waals surface area contributed by atoms with Gasteiger partial charge in [-0.05, 0) is 29.7 Å². The number of hydrogen-bond donors (Lipinski definition) is 1. The zero-order valence-electron chi connectivity index (χ0n) is 11.1. The van der Waals surface area contributed by atoms with Crippen LogP contribution in [0.5, 0.6) is 0 Å². The van der Waals surface area contributed by atoms with Gasteiger partial charge in [0, 0.05) is 21.4 Å². The molecule has 0 bridgehead atoms. The van der Waals surface area contributed by atoms with Gasteiger partial charge in [0.05, 0.1) is 5.69 Å². The molecule has 3 heteroatoms. The van der Waals surface area contributed by atoms with Crippen LogP contribution in [0.2, 0.25) is 0 Å². The SMILES string of the molecule is O=C1C(=Nc2ccc(S)cc2)c2cccc3cccc1c23. The van der Waals surface area contributed by atoms with Crippen molar-refractivity contribution in [3.63, 3.8) is 0 Å². The Morgan fingerprint density at radius 3 is 2.19 bits per heavy atom. The largest absolute Gasteiger partial charge is 0.287 e. The molecule has 2 nitrogen and oxygen atoms in total. The second-order valence-electron chi connectivity index (χ2n) is 5.02. The molecular formula is C18H11NOS. The molecule has 0 radical (unpaired) electrons. The van der Waals surface area contributed by atoms with Crippen LogP contribution in [0.1, 0.15) is 15.9 Å². The van der Waals surface area contributed by atoms with Gasteiger partial charge in [0.15, 0.2) is 0 Å². The molecule has 1 aliphatic rings. The van der Waals surface area contributed by atoms with Crippen molar-refractivity contribution in [1.29, 1.82) is 0 Å². The van der Waals surface area contributed by atoms with Crippen molar-refractivity contribution >= 4 is 40.6 Å². The summed E-state index contributed by atoms with van der Waals surface area (Å²) in [5.74, 6) is -0.00301. The van der Waals surface area contributed by atoms with Crippen LogP contribution in [0.25, 0.3) is 10.8 Å². The predicted octanol–water partition coefficient (Wildman–Crippen LogP) is 4.45. The summed E-state index contributed by atoms with van der Waals surface area (Å²) in [4.78, 5) is 18.0. The summed E-state index contributed by atoms with van der Waals surface area (Å²) in [5, 5.41) is 2.09. The number of rotatable bonds is 1. The maximum absolute atomic E-state index is 12.6. The molecule has 0 fully saturated rings. The van der Waals surface area contributed by atoms with Crippen molar-refractivity contribution in [2.24, 2.45) is 4.99 Å². The summed E-state index contributed by atoms with van der Waals surface area (Å²) >= 11 is 4.26. The summed E-state index contributed by atoms with van der Waals surface area (Å²) < 4.78 is 0. The highest BCUT2D eigenvalue weighted by atomic mass is 32.1. The van der Waals surface area contributed by atoms with Gasteiger partial charge in [-0.15, -0.1) is 12.6 Å². The Morgan fingerprint density at radius 1 is 0.810 bits per heavy atom. The van der Waals surface area contributed by atoms with Crippen LogP contribution in [-0.2, 0) is 0 Å². The van der Waals surface area contributed by atoms with Gasteiger partial charge < -0.3 is 0 Å². The van der Waals surface area contributed by atoms with Crippen LogP contribution in [0.15, 0.2) is 70.6 Å². The molecule has 0 heterocycles. The van der Waals surface area contributed by atoms with E-state index in [2.05, 4.69) is 17.6 Å². The molecule has 100 valence electrons. The van der Waals surface area contributed by atoms with Gasteiger partial charge in [-0.3, -0.25) is 4.79 Å². The molecule has 0 N–H and O–H groups in total. The van der Waals surface area contributed by atoms with E-state index < -0.39 is 0 Å². The van der Waals surface area contributed by atoms with Crippen LogP contribution in [-0.4, -0.2) is 11.5 Å². The minimum atomic E-state index is -0.00301. The van der Waals surface area contributed by atoms with Gasteiger partial charge in [0.2, 0.25) is 5.78 Å². The fourth-order valence-corrected chi connectivity index (χ4v) is 2.89. The Kier molecular flexibility index (Phi) is 2.69. The third-order valence-corrected chi connectivity index (χ3v) is 4.01. The number of hydrogen-bond acceptors (Lipinski definition) is 3. The van der Waals surface area contributed by atoms with Crippen LogP contribution < -0.4 is 0 Å². The first-order valence-electron chi connectivity index (χ1n) is 6.68. The Labute approximate surface area is 127 Å². The monoisotopic (exact) mass is 289 g/mol. The molecule has 3 aromatic carbocycles. The van der Waals surface area contributed by atoms with E-state index in [0.29, 0.717) is 5.71 Å². The number of nitrogens with zero attached hydrogens (tertiary/aromatic N) is 1. The lowest BCUT2D eigenvalue weighted by Gasteiger charge is -2.00. The highest BCUT2D eigenvalue weighted by molar-refractivity contribution is 7.80. The maximum atomic E-state index is 12.6. The van der Waals surface area contributed by atoms with E-state index in [9.17, 15) is 4.79 Å². The molecule has 0 aromatic heterocycles. The van der Waals surface area contributed by atoms with Gasteiger partial charge in [0.25, 0.3) is 0 Å². The number of ketones is 1. The molecule has 4 rings (SSSR count). The van der Waals surface area contributed by atoms with Gasteiger partial charge >= 0.3 is 0 Å². The van der Waals surface area contributed by atoms with E-state index in [0.717, 1.165) is 32.5 Å². The van der Waals surface area contributed by atoms with E-state index in [1.165, 1.54) is 0 Å². The van der Waals surface area contributed by atoms with Gasteiger partial charge in [-0.25, -0.2) is 4.99 Å². The number of aliphatic imine (C=N–C) groups is 1. The van der Waals surface area contributed by atoms with Crippen molar-refractivity contribution in [3.8, 4) is 0 Å². The summed E-state index contributed by atoms with van der Waals surface area (Å²) in [6.07, 6.45) is 0. The van der Waals surface area contributed by atoms with Gasteiger partial charge in [0.1, 0.15) is 5.71 Å². The predicted molar refractivity (Wildman–Crippen MR) is 88.2 cm³/mol. The average molecular weight is 289 g/mol. The highest BCUT2D eigenvalue weighted by Crippen LogP contribution is 2.32. The lowest BCUT2D eigenvalue weighted by Crippen LogP contribution is -2.08. The number of thiol groups is 1. The Balaban J connectivity index is 1.95. The molecule has 0 unspecified atom stereocenters. The van der Waals surface area contributed by atoms with Crippen LogP contribution in [0.4, 0.5) is 5.69 Å². The standard InChI is InChI=1S/C18H11NOS/c20-18-15-6-2-4-11-3-1-5-14(16(11)15)17(18)19-12-7-9-13(21)10-8-12/h1-10,21H. The topological polar surface area (TPSA) is 29.4 Å². The first-order valence-corrected chi connectivity index (χ1v) is 7.13. The number of carbonyl (C=O) groups is 1. The average Bonchev–Trinajstić information content (AvgIpc) is 2.78. The molecular weight excluding hydrogens is 278 g/mol. The van der Waals surface area contributed by atoms with Crippen LogP contribution in [0, 0.1) is 0 Å². The van der Waals surface area contributed by atoms with Crippen molar-refractivity contribution in [3.05, 3.63) is 71.8 Å². The Bertz CT molecular complexity index is 905. The van der Waals surface area contributed by atoms with Crippen molar-refractivity contribution in [1.82, 2.24) is 0 Å².